The molecular weight excluding hydrogens is 278 g/mol. The number of nitrogens with zero attached hydrogens (tertiary/aromatic N) is 1. The Bertz CT molecular complexity index is 382. The van der Waals surface area contributed by atoms with Crippen LogP contribution in [0.25, 0.3) is 0 Å². The Kier molecular flexibility index (Phi) is 7.72. The molecule has 0 heterocycles. The van der Waals surface area contributed by atoms with Crippen molar-refractivity contribution in [2.75, 3.05) is 27.7 Å². The van der Waals surface area contributed by atoms with E-state index < -0.39 is 24.0 Å². The molecule has 0 rings (SSSR count). The van der Waals surface area contributed by atoms with Gasteiger partial charge < -0.3 is 25.4 Å². The van der Waals surface area contributed by atoms with Gasteiger partial charge in [0.25, 0.3) is 0 Å². The molecule has 21 heavy (non-hydrogen) atoms. The zero-order valence-corrected chi connectivity index (χ0v) is 13.2. The van der Waals surface area contributed by atoms with Gasteiger partial charge in [0, 0.05) is 18.5 Å². The first-order chi connectivity index (χ1) is 9.60. The van der Waals surface area contributed by atoms with E-state index in [2.05, 4.69) is 15.4 Å². The smallest absolute Gasteiger partial charge is 0.326 e. The van der Waals surface area contributed by atoms with Crippen molar-refractivity contribution in [2.24, 2.45) is 0 Å². The van der Waals surface area contributed by atoms with Crippen LogP contribution in [0.5, 0.6) is 0 Å². The first kappa shape index (κ1) is 19.2. The van der Waals surface area contributed by atoms with Gasteiger partial charge in [0.15, 0.2) is 0 Å². The van der Waals surface area contributed by atoms with Crippen molar-refractivity contribution in [2.45, 2.75) is 38.3 Å². The molecule has 8 nitrogen and oxygen atoms in total. The van der Waals surface area contributed by atoms with Gasteiger partial charge in [-0.3, -0.25) is 4.79 Å². The van der Waals surface area contributed by atoms with Gasteiger partial charge >= 0.3 is 18.0 Å². The van der Waals surface area contributed by atoms with E-state index in [1.165, 1.54) is 7.11 Å². The number of hydrogen-bond donors (Lipinski definition) is 3. The molecule has 0 aromatic heterocycles. The highest BCUT2D eigenvalue weighted by Gasteiger charge is 2.24. The maximum Gasteiger partial charge on any atom is 0.326 e. The van der Waals surface area contributed by atoms with Crippen LogP contribution in [0.4, 0.5) is 4.79 Å². The van der Waals surface area contributed by atoms with Crippen molar-refractivity contribution in [3.63, 3.8) is 0 Å². The molecule has 0 aromatic rings. The summed E-state index contributed by atoms with van der Waals surface area (Å²) in [6.07, 6.45) is -0.0938. The summed E-state index contributed by atoms with van der Waals surface area (Å²) in [6, 6.07) is -1.71. The summed E-state index contributed by atoms with van der Waals surface area (Å²) in [5.74, 6) is -1.71. The second kappa shape index (κ2) is 8.46. The Hall–Kier alpha value is -1.83. The van der Waals surface area contributed by atoms with Gasteiger partial charge in [-0.15, -0.1) is 0 Å². The minimum absolute atomic E-state index is 0.0213. The lowest BCUT2D eigenvalue weighted by Gasteiger charge is -2.32. The number of carbonyl (C=O) groups is 3. The molecule has 0 bridgehead atoms. The van der Waals surface area contributed by atoms with Gasteiger partial charge in [0.2, 0.25) is 0 Å². The molecule has 0 aliphatic rings. The highest BCUT2D eigenvalue weighted by Crippen LogP contribution is 2.07. The van der Waals surface area contributed by atoms with Gasteiger partial charge in [-0.25, -0.2) is 9.59 Å². The molecule has 0 fully saturated rings. The number of rotatable bonds is 8. The van der Waals surface area contributed by atoms with E-state index in [1.807, 2.05) is 32.8 Å². The van der Waals surface area contributed by atoms with Crippen molar-refractivity contribution >= 4 is 18.0 Å². The number of ether oxygens (including phenoxy) is 1. The minimum atomic E-state index is -1.19. The third-order valence-corrected chi connectivity index (χ3v) is 3.36. The van der Waals surface area contributed by atoms with Crippen molar-refractivity contribution in [3.8, 4) is 0 Å². The largest absolute Gasteiger partial charge is 0.480 e. The quantitative estimate of drug-likeness (QED) is 0.546. The van der Waals surface area contributed by atoms with Crippen LogP contribution in [0.2, 0.25) is 0 Å². The number of carbonyl (C=O) groups excluding carboxylic acids is 2. The van der Waals surface area contributed by atoms with E-state index in [1.54, 1.807) is 0 Å². The fourth-order valence-corrected chi connectivity index (χ4v) is 1.29. The molecule has 0 saturated carbocycles. The van der Waals surface area contributed by atoms with E-state index in [-0.39, 0.29) is 18.4 Å². The number of methoxy groups -OCH3 is 1. The summed E-state index contributed by atoms with van der Waals surface area (Å²) in [5.41, 5.74) is -0.262. The maximum atomic E-state index is 11.7. The number of carboxylic acids is 1. The second-order valence-corrected chi connectivity index (χ2v) is 5.54. The Balaban J connectivity index is 4.36. The van der Waals surface area contributed by atoms with Crippen LogP contribution < -0.4 is 10.6 Å². The molecule has 122 valence electrons. The lowest BCUT2D eigenvalue weighted by molar-refractivity contribution is -0.142. The number of esters is 1. The predicted molar refractivity (Wildman–Crippen MR) is 77.0 cm³/mol. The standard InChI is InChI=1S/C13H25N3O5/c1-13(2,16(3)4)8-14-12(20)15-9(11(18)19)6-7-10(17)21-5/h9H,6-8H2,1-5H3,(H,18,19)(H2,14,15,20)/t9-/m0/s1. The first-order valence-electron chi connectivity index (χ1n) is 6.61. The molecule has 0 aliphatic heterocycles. The molecule has 0 aromatic carbocycles. The zero-order chi connectivity index (χ0) is 16.6. The Morgan fingerprint density at radius 2 is 1.86 bits per heavy atom. The fourth-order valence-electron chi connectivity index (χ4n) is 1.29. The summed E-state index contributed by atoms with van der Waals surface area (Å²) < 4.78 is 4.44. The van der Waals surface area contributed by atoms with Crippen LogP contribution in [0, 0.1) is 0 Å². The first-order valence-corrected chi connectivity index (χ1v) is 6.61. The van der Waals surface area contributed by atoms with E-state index in [4.69, 9.17) is 5.11 Å². The van der Waals surface area contributed by atoms with E-state index in [9.17, 15) is 14.4 Å². The van der Waals surface area contributed by atoms with Gasteiger partial charge in [-0.1, -0.05) is 0 Å². The van der Waals surface area contributed by atoms with Crippen molar-refractivity contribution < 1.29 is 24.2 Å². The minimum Gasteiger partial charge on any atom is -0.480 e. The highest BCUT2D eigenvalue weighted by molar-refractivity contribution is 5.83. The summed E-state index contributed by atoms with van der Waals surface area (Å²) in [6.45, 7) is 4.24. The fraction of sp³-hybridized carbons (Fsp3) is 0.769. The number of likely N-dealkylation sites (N-methyl/N-ethyl adjacent to an activating group) is 1. The highest BCUT2D eigenvalue weighted by atomic mass is 16.5. The Morgan fingerprint density at radius 1 is 1.29 bits per heavy atom. The average molecular weight is 303 g/mol. The number of urea groups is 1. The van der Waals surface area contributed by atoms with E-state index in [0.717, 1.165) is 0 Å². The molecule has 0 saturated heterocycles. The molecule has 0 radical (unpaired) electrons. The molecule has 2 amide bonds. The van der Waals surface area contributed by atoms with Crippen molar-refractivity contribution in [1.29, 1.82) is 0 Å². The van der Waals surface area contributed by atoms with Gasteiger partial charge in [0.1, 0.15) is 6.04 Å². The van der Waals surface area contributed by atoms with Crippen LogP contribution in [0.3, 0.4) is 0 Å². The van der Waals surface area contributed by atoms with Crippen molar-refractivity contribution in [1.82, 2.24) is 15.5 Å². The van der Waals surface area contributed by atoms with Crippen LogP contribution >= 0.6 is 0 Å². The molecule has 0 aliphatic carbocycles. The lowest BCUT2D eigenvalue weighted by atomic mass is 10.0. The average Bonchev–Trinajstić information content (AvgIpc) is 2.40. The van der Waals surface area contributed by atoms with Gasteiger partial charge in [-0.2, -0.15) is 0 Å². The summed E-state index contributed by atoms with van der Waals surface area (Å²) in [4.78, 5) is 35.7. The molecule has 0 unspecified atom stereocenters. The molecular formula is C13H25N3O5. The molecule has 1 atom stereocenters. The second-order valence-electron chi connectivity index (χ2n) is 5.54. The summed E-state index contributed by atoms with van der Waals surface area (Å²) in [5, 5.41) is 14.0. The monoisotopic (exact) mass is 303 g/mol. The van der Waals surface area contributed by atoms with E-state index in [0.29, 0.717) is 6.54 Å². The van der Waals surface area contributed by atoms with Crippen LogP contribution in [0.15, 0.2) is 0 Å². The third kappa shape index (κ3) is 7.50. The number of nitrogens with one attached hydrogen (secondary N) is 2. The molecule has 0 spiro atoms. The van der Waals surface area contributed by atoms with Crippen LogP contribution in [0.1, 0.15) is 26.7 Å². The predicted octanol–water partition coefficient (Wildman–Crippen LogP) is 0.0322. The van der Waals surface area contributed by atoms with Crippen LogP contribution in [-0.2, 0) is 14.3 Å². The SMILES string of the molecule is COC(=O)CC[C@H](NC(=O)NCC(C)(C)N(C)C)C(=O)O. The number of carboxylic acid groups (broad SMARTS) is 1. The number of aliphatic carboxylic acids is 1. The third-order valence-electron chi connectivity index (χ3n) is 3.36. The maximum absolute atomic E-state index is 11.7. The van der Waals surface area contributed by atoms with Crippen LogP contribution in [-0.4, -0.2) is 67.3 Å². The number of amides is 2. The van der Waals surface area contributed by atoms with Gasteiger partial charge in [-0.05, 0) is 34.4 Å². The number of hydrogen-bond acceptors (Lipinski definition) is 5. The van der Waals surface area contributed by atoms with Crippen molar-refractivity contribution in [3.05, 3.63) is 0 Å². The Morgan fingerprint density at radius 3 is 2.29 bits per heavy atom. The molecule has 3 N–H and O–H groups in total. The van der Waals surface area contributed by atoms with E-state index >= 15 is 0 Å². The van der Waals surface area contributed by atoms with Gasteiger partial charge in [0.05, 0.1) is 7.11 Å². The molecule has 8 heteroatoms. The normalized spacial score (nSPS) is 12.7. The zero-order valence-electron chi connectivity index (χ0n) is 13.2. The Labute approximate surface area is 124 Å². The summed E-state index contributed by atoms with van der Waals surface area (Å²) >= 11 is 0. The summed E-state index contributed by atoms with van der Waals surface area (Å²) in [7, 11) is 4.99. The topological polar surface area (TPSA) is 108 Å². The lowest BCUT2D eigenvalue weighted by Crippen LogP contribution is -2.52.